The van der Waals surface area contributed by atoms with Crippen LogP contribution in [0.3, 0.4) is 0 Å². The number of hydrogen-bond acceptors (Lipinski definition) is 5. The van der Waals surface area contributed by atoms with E-state index < -0.39 is 5.60 Å². The van der Waals surface area contributed by atoms with Gasteiger partial charge >= 0.3 is 5.97 Å². The first-order valence-corrected chi connectivity index (χ1v) is 8.14. The summed E-state index contributed by atoms with van der Waals surface area (Å²) in [5.41, 5.74) is -0.396. The molecule has 0 N–H and O–H groups in total. The fourth-order valence-electron chi connectivity index (χ4n) is 3.46. The van der Waals surface area contributed by atoms with E-state index in [4.69, 9.17) is 9.47 Å². The van der Waals surface area contributed by atoms with Crippen LogP contribution in [0.2, 0.25) is 0 Å². The first-order valence-electron chi connectivity index (χ1n) is 8.14. The van der Waals surface area contributed by atoms with E-state index in [-0.39, 0.29) is 12.0 Å². The normalized spacial score (nSPS) is 28.2. The molecule has 5 heteroatoms. The molecule has 21 heavy (non-hydrogen) atoms. The van der Waals surface area contributed by atoms with Crippen LogP contribution in [0.5, 0.6) is 0 Å². The van der Waals surface area contributed by atoms with Gasteiger partial charge in [-0.15, -0.1) is 0 Å². The molecule has 2 rings (SSSR count). The highest BCUT2D eigenvalue weighted by molar-refractivity contribution is 5.70. The fourth-order valence-corrected chi connectivity index (χ4v) is 3.46. The predicted octanol–water partition coefficient (Wildman–Crippen LogP) is 2.21. The molecule has 122 valence electrons. The van der Waals surface area contributed by atoms with E-state index in [2.05, 4.69) is 10.0 Å². The molecule has 0 bridgehead atoms. The average molecular weight is 298 g/mol. The van der Waals surface area contributed by atoms with Gasteiger partial charge in [0.1, 0.15) is 5.60 Å². The van der Waals surface area contributed by atoms with Crippen molar-refractivity contribution in [2.75, 3.05) is 26.8 Å². The second-order valence-corrected chi connectivity index (χ2v) is 7.16. The van der Waals surface area contributed by atoms with Gasteiger partial charge in [-0.05, 0) is 46.5 Å². The highest BCUT2D eigenvalue weighted by Crippen LogP contribution is 2.29. The molecule has 0 spiro atoms. The van der Waals surface area contributed by atoms with Gasteiger partial charge in [-0.3, -0.25) is 4.79 Å². The zero-order chi connectivity index (χ0) is 15.5. The second kappa shape index (κ2) is 7.07. The summed E-state index contributed by atoms with van der Waals surface area (Å²) in [5.74, 6) is -0.0816. The lowest BCUT2D eigenvalue weighted by Crippen LogP contribution is -2.50. The van der Waals surface area contributed by atoms with Crippen molar-refractivity contribution in [3.8, 4) is 0 Å². The maximum Gasteiger partial charge on any atom is 0.307 e. The third-order valence-corrected chi connectivity index (χ3v) is 4.20. The first kappa shape index (κ1) is 16.7. The van der Waals surface area contributed by atoms with Crippen LogP contribution in [0, 0.1) is 0 Å². The average Bonchev–Trinajstić information content (AvgIpc) is 2.95. The summed E-state index contributed by atoms with van der Waals surface area (Å²) in [7, 11) is 1.76. The minimum Gasteiger partial charge on any atom is -0.460 e. The van der Waals surface area contributed by atoms with Crippen molar-refractivity contribution in [3.05, 3.63) is 0 Å². The van der Waals surface area contributed by atoms with Gasteiger partial charge in [0.2, 0.25) is 0 Å². The van der Waals surface area contributed by atoms with E-state index in [0.717, 1.165) is 32.5 Å². The first-order chi connectivity index (χ1) is 9.90. The molecule has 0 aromatic heterocycles. The number of ether oxygens (including phenoxy) is 2. The van der Waals surface area contributed by atoms with Crippen LogP contribution in [-0.4, -0.2) is 60.5 Å². The number of methoxy groups -OCH3 is 1. The lowest BCUT2D eigenvalue weighted by atomic mass is 10.1. The monoisotopic (exact) mass is 298 g/mol. The summed E-state index contributed by atoms with van der Waals surface area (Å²) >= 11 is 0. The number of carbonyl (C=O) groups excluding carboxylic acids is 1. The van der Waals surface area contributed by atoms with E-state index in [1.807, 2.05) is 20.8 Å². The van der Waals surface area contributed by atoms with Gasteiger partial charge < -0.3 is 9.47 Å². The maximum atomic E-state index is 12.1. The fraction of sp³-hybridized carbons (Fsp3) is 0.938. The molecular formula is C16H30N2O3. The van der Waals surface area contributed by atoms with Crippen molar-refractivity contribution in [1.29, 1.82) is 0 Å². The van der Waals surface area contributed by atoms with Gasteiger partial charge in [0.25, 0.3) is 0 Å². The molecule has 0 unspecified atom stereocenters. The quantitative estimate of drug-likeness (QED) is 0.728. The van der Waals surface area contributed by atoms with Crippen molar-refractivity contribution < 1.29 is 14.3 Å². The third kappa shape index (κ3) is 4.66. The Morgan fingerprint density at radius 2 is 1.67 bits per heavy atom. The van der Waals surface area contributed by atoms with Crippen LogP contribution in [0.4, 0.5) is 0 Å². The Balaban J connectivity index is 1.92. The molecular weight excluding hydrogens is 268 g/mol. The summed E-state index contributed by atoms with van der Waals surface area (Å²) in [6.45, 7) is 8.67. The van der Waals surface area contributed by atoms with Gasteiger partial charge in [-0.25, -0.2) is 10.0 Å². The zero-order valence-electron chi connectivity index (χ0n) is 13.9. The van der Waals surface area contributed by atoms with Gasteiger partial charge in [0, 0.05) is 32.3 Å². The Morgan fingerprint density at radius 3 is 2.24 bits per heavy atom. The Kier molecular flexibility index (Phi) is 5.63. The predicted molar refractivity (Wildman–Crippen MR) is 81.8 cm³/mol. The summed E-state index contributed by atoms with van der Waals surface area (Å²) in [6, 6.07) is 0.756. The van der Waals surface area contributed by atoms with Gasteiger partial charge in [0.15, 0.2) is 0 Å². The molecule has 0 aromatic carbocycles. The van der Waals surface area contributed by atoms with Crippen LogP contribution < -0.4 is 0 Å². The molecule has 0 aromatic rings. The summed E-state index contributed by atoms with van der Waals surface area (Å²) < 4.78 is 10.8. The second-order valence-electron chi connectivity index (χ2n) is 7.16. The smallest absolute Gasteiger partial charge is 0.307 e. The molecule has 2 aliphatic rings. The number of esters is 1. The molecule has 0 saturated carbocycles. The van der Waals surface area contributed by atoms with E-state index >= 15 is 0 Å². The molecule has 2 atom stereocenters. The standard InChI is InChI=1S/C16H30N2O3/c1-16(2,3)21-15(19)11-13-7-5-9-17(13)18-10-6-8-14(18)12-20-4/h13-14H,5-12H2,1-4H3/t13-,14-/m0/s1. The molecule has 0 radical (unpaired) electrons. The van der Waals surface area contributed by atoms with Crippen LogP contribution in [0.1, 0.15) is 52.9 Å². The van der Waals surface area contributed by atoms with Crippen LogP contribution in [0.15, 0.2) is 0 Å². The van der Waals surface area contributed by atoms with Crippen molar-refractivity contribution in [2.45, 2.75) is 70.6 Å². The molecule has 0 amide bonds. The molecule has 2 saturated heterocycles. The molecule has 0 aliphatic carbocycles. The number of rotatable bonds is 5. The van der Waals surface area contributed by atoms with E-state index in [0.29, 0.717) is 12.5 Å². The van der Waals surface area contributed by atoms with E-state index in [9.17, 15) is 4.79 Å². The summed E-state index contributed by atoms with van der Waals surface area (Å²) in [5, 5.41) is 4.84. The molecule has 2 heterocycles. The number of carbonyl (C=O) groups is 1. The highest BCUT2D eigenvalue weighted by Gasteiger charge is 2.37. The van der Waals surface area contributed by atoms with Gasteiger partial charge in [-0.1, -0.05) is 0 Å². The maximum absolute atomic E-state index is 12.1. The lowest BCUT2D eigenvalue weighted by molar-refractivity contribution is -0.158. The topological polar surface area (TPSA) is 42.0 Å². The minimum absolute atomic E-state index is 0.0816. The Hall–Kier alpha value is -0.650. The molecule has 5 nitrogen and oxygen atoms in total. The largest absolute Gasteiger partial charge is 0.460 e. The molecule has 2 fully saturated rings. The van der Waals surface area contributed by atoms with E-state index in [1.54, 1.807) is 7.11 Å². The van der Waals surface area contributed by atoms with Crippen LogP contribution >= 0.6 is 0 Å². The minimum atomic E-state index is -0.396. The lowest BCUT2D eigenvalue weighted by Gasteiger charge is -2.37. The Labute approximate surface area is 128 Å². The van der Waals surface area contributed by atoms with Crippen LogP contribution in [-0.2, 0) is 14.3 Å². The third-order valence-electron chi connectivity index (χ3n) is 4.20. The summed E-state index contributed by atoms with van der Waals surface area (Å²) in [4.78, 5) is 12.1. The number of hydrazine groups is 1. The van der Waals surface area contributed by atoms with Crippen molar-refractivity contribution in [3.63, 3.8) is 0 Å². The van der Waals surface area contributed by atoms with Crippen molar-refractivity contribution >= 4 is 5.97 Å². The van der Waals surface area contributed by atoms with Crippen molar-refractivity contribution in [2.24, 2.45) is 0 Å². The Bertz CT molecular complexity index is 354. The van der Waals surface area contributed by atoms with Gasteiger partial charge in [0.05, 0.1) is 13.0 Å². The van der Waals surface area contributed by atoms with Crippen LogP contribution in [0.25, 0.3) is 0 Å². The highest BCUT2D eigenvalue weighted by atomic mass is 16.6. The number of hydrogen-bond donors (Lipinski definition) is 0. The molecule has 2 aliphatic heterocycles. The van der Waals surface area contributed by atoms with E-state index in [1.165, 1.54) is 12.8 Å². The van der Waals surface area contributed by atoms with Gasteiger partial charge in [-0.2, -0.15) is 0 Å². The summed E-state index contributed by atoms with van der Waals surface area (Å²) in [6.07, 6.45) is 5.12. The SMILES string of the molecule is COC[C@@H]1CCCN1N1CCC[C@H]1CC(=O)OC(C)(C)C. The van der Waals surface area contributed by atoms with Crippen molar-refractivity contribution in [1.82, 2.24) is 10.0 Å². The Morgan fingerprint density at radius 1 is 1.10 bits per heavy atom. The number of nitrogens with zero attached hydrogens (tertiary/aromatic N) is 2. The zero-order valence-corrected chi connectivity index (χ0v) is 13.9.